The van der Waals surface area contributed by atoms with Crippen LogP contribution in [0.5, 0.6) is 0 Å². The maximum atomic E-state index is 12.2. The number of urea groups is 1. The predicted molar refractivity (Wildman–Crippen MR) is 142 cm³/mol. The summed E-state index contributed by atoms with van der Waals surface area (Å²) in [7, 11) is 1.92. The smallest absolute Gasteiger partial charge is 0.319 e. The Balaban J connectivity index is 1.21. The molecule has 1 aliphatic heterocycles. The minimum Gasteiger partial charge on any atom is -0.387 e. The number of nitrogens with one attached hydrogen (secondary N) is 2. The van der Waals surface area contributed by atoms with Crippen LogP contribution in [0.15, 0.2) is 42.9 Å². The van der Waals surface area contributed by atoms with Gasteiger partial charge in [0, 0.05) is 30.4 Å². The summed E-state index contributed by atoms with van der Waals surface area (Å²) in [5.74, 6) is 0. The maximum absolute atomic E-state index is 12.2. The lowest BCUT2D eigenvalue weighted by atomic mass is 9.87. The number of benzene rings is 1. The molecular formula is C27H38N6O4. The fourth-order valence-corrected chi connectivity index (χ4v) is 4.59. The molecule has 1 aliphatic rings. The van der Waals surface area contributed by atoms with Crippen molar-refractivity contribution in [3.63, 3.8) is 0 Å². The molecule has 2 amide bonds. The van der Waals surface area contributed by atoms with Crippen LogP contribution in [-0.4, -0.2) is 80.7 Å². The van der Waals surface area contributed by atoms with Gasteiger partial charge in [0.15, 0.2) is 6.23 Å². The lowest BCUT2D eigenvalue weighted by Crippen LogP contribution is -2.39. The molecule has 3 heterocycles. The summed E-state index contributed by atoms with van der Waals surface area (Å²) >= 11 is 0. The molecule has 0 saturated carbocycles. The zero-order chi connectivity index (χ0) is 26.7. The summed E-state index contributed by atoms with van der Waals surface area (Å²) in [4.78, 5) is 22.8. The molecule has 4 N–H and O–H groups in total. The van der Waals surface area contributed by atoms with Crippen molar-refractivity contribution in [2.75, 3.05) is 32.0 Å². The van der Waals surface area contributed by atoms with Crippen molar-refractivity contribution >= 4 is 22.8 Å². The van der Waals surface area contributed by atoms with Crippen LogP contribution in [-0.2, 0) is 10.2 Å². The standard InChI is InChI=1S/C27H38N6O4/c1-17-20-11-14-33(24(20)30-16-29-17)25-23(35)22(34)21(37-25)15-32(5)13-6-12-28-26(36)31-19-9-7-18(8-10-19)27(2,3)4/h7-11,14,16,21-23,25,34-35H,6,12-13,15H2,1-5H3,(H2,28,31,36)/t21?,22-,23-,25-/m1/s1. The minimum absolute atomic E-state index is 0.0656. The van der Waals surface area contributed by atoms with E-state index in [1.54, 1.807) is 10.8 Å². The van der Waals surface area contributed by atoms with Crippen LogP contribution in [0.4, 0.5) is 10.5 Å². The molecule has 1 aromatic carbocycles. The maximum Gasteiger partial charge on any atom is 0.319 e. The van der Waals surface area contributed by atoms with Crippen molar-refractivity contribution in [1.82, 2.24) is 24.8 Å². The first-order chi connectivity index (χ1) is 17.5. The third-order valence-corrected chi connectivity index (χ3v) is 6.82. The van der Waals surface area contributed by atoms with E-state index >= 15 is 0 Å². The van der Waals surface area contributed by atoms with Gasteiger partial charge in [-0.1, -0.05) is 32.9 Å². The van der Waals surface area contributed by atoms with E-state index in [2.05, 4.69) is 41.4 Å². The average Bonchev–Trinajstić information content (AvgIpc) is 3.39. The Labute approximate surface area is 217 Å². The second-order valence-corrected chi connectivity index (χ2v) is 10.8. The van der Waals surface area contributed by atoms with E-state index in [0.29, 0.717) is 25.3 Å². The molecule has 1 fully saturated rings. The fraction of sp³-hybridized carbons (Fsp3) is 0.519. The second kappa shape index (κ2) is 11.1. The topological polar surface area (TPSA) is 125 Å². The van der Waals surface area contributed by atoms with E-state index in [1.807, 2.05) is 49.2 Å². The number of aliphatic hydroxyl groups is 2. The third-order valence-electron chi connectivity index (χ3n) is 6.82. The van der Waals surface area contributed by atoms with E-state index in [0.717, 1.165) is 23.2 Å². The number of rotatable bonds is 8. The van der Waals surface area contributed by atoms with Gasteiger partial charge in [0.1, 0.15) is 30.3 Å². The van der Waals surface area contributed by atoms with Crippen molar-refractivity contribution in [3.05, 3.63) is 54.1 Å². The van der Waals surface area contributed by atoms with Crippen LogP contribution in [0.2, 0.25) is 0 Å². The molecule has 2 aromatic heterocycles. The van der Waals surface area contributed by atoms with Crippen molar-refractivity contribution in [1.29, 1.82) is 0 Å². The van der Waals surface area contributed by atoms with Gasteiger partial charge in [0.25, 0.3) is 0 Å². The largest absolute Gasteiger partial charge is 0.387 e. The zero-order valence-corrected chi connectivity index (χ0v) is 22.2. The monoisotopic (exact) mass is 510 g/mol. The Morgan fingerprint density at radius 3 is 2.57 bits per heavy atom. The quantitative estimate of drug-likeness (QED) is 0.344. The van der Waals surface area contributed by atoms with Gasteiger partial charge < -0.3 is 35.1 Å². The van der Waals surface area contributed by atoms with Gasteiger partial charge in [-0.15, -0.1) is 0 Å². The van der Waals surface area contributed by atoms with Crippen LogP contribution in [0.3, 0.4) is 0 Å². The summed E-state index contributed by atoms with van der Waals surface area (Å²) < 4.78 is 7.82. The molecule has 200 valence electrons. The Bertz CT molecular complexity index is 1210. The molecule has 4 rings (SSSR count). The molecule has 10 heteroatoms. The molecular weight excluding hydrogens is 472 g/mol. The molecule has 1 unspecified atom stereocenters. The van der Waals surface area contributed by atoms with Crippen molar-refractivity contribution in [2.24, 2.45) is 0 Å². The number of anilines is 1. The molecule has 0 spiro atoms. The third kappa shape index (κ3) is 6.27. The number of aryl methyl sites for hydroxylation is 1. The van der Waals surface area contributed by atoms with Gasteiger partial charge in [0.05, 0.1) is 5.69 Å². The number of aliphatic hydroxyl groups excluding tert-OH is 2. The van der Waals surface area contributed by atoms with E-state index in [-0.39, 0.29) is 11.4 Å². The SMILES string of the molecule is Cc1ncnc2c1ccn2[C@@H]1OC(CN(C)CCCNC(=O)Nc2ccc(C(C)(C)C)cc2)[C@@H](O)[C@H]1O. The number of likely N-dealkylation sites (N-methyl/N-ethyl adjacent to an activating group) is 1. The first-order valence-electron chi connectivity index (χ1n) is 12.7. The molecule has 1 saturated heterocycles. The Hall–Kier alpha value is -3.05. The fourth-order valence-electron chi connectivity index (χ4n) is 4.59. The molecule has 0 aliphatic carbocycles. The van der Waals surface area contributed by atoms with Crippen molar-refractivity contribution < 1.29 is 19.7 Å². The van der Waals surface area contributed by atoms with Gasteiger partial charge in [-0.2, -0.15) is 0 Å². The number of hydrogen-bond donors (Lipinski definition) is 4. The molecule has 37 heavy (non-hydrogen) atoms. The molecule has 0 radical (unpaired) electrons. The highest BCUT2D eigenvalue weighted by Crippen LogP contribution is 2.32. The summed E-state index contributed by atoms with van der Waals surface area (Å²) in [5.41, 5.74) is 3.53. The van der Waals surface area contributed by atoms with Gasteiger partial charge in [-0.3, -0.25) is 0 Å². The Kier molecular flexibility index (Phi) is 8.13. The van der Waals surface area contributed by atoms with Crippen molar-refractivity contribution in [3.8, 4) is 0 Å². The number of aromatic nitrogens is 3. The highest BCUT2D eigenvalue weighted by Gasteiger charge is 2.44. The van der Waals surface area contributed by atoms with Crippen LogP contribution >= 0.6 is 0 Å². The van der Waals surface area contributed by atoms with Crippen LogP contribution in [0, 0.1) is 6.92 Å². The molecule has 0 bridgehead atoms. The van der Waals surface area contributed by atoms with Crippen molar-refractivity contribution in [2.45, 2.75) is 64.1 Å². The molecule has 10 nitrogen and oxygen atoms in total. The van der Waals surface area contributed by atoms with Gasteiger partial charge in [-0.05, 0) is 56.1 Å². The number of ether oxygens (including phenoxy) is 1. The number of amides is 2. The number of carbonyl (C=O) groups excluding carboxylic acids is 1. The van der Waals surface area contributed by atoms with Crippen LogP contribution < -0.4 is 10.6 Å². The summed E-state index contributed by atoms with van der Waals surface area (Å²) in [6.45, 7) is 9.98. The number of fused-ring (bicyclic) bond motifs is 1. The van der Waals surface area contributed by atoms with E-state index in [4.69, 9.17) is 4.74 Å². The summed E-state index contributed by atoms with van der Waals surface area (Å²) in [6.07, 6.45) is 0.609. The highest BCUT2D eigenvalue weighted by atomic mass is 16.6. The van der Waals surface area contributed by atoms with E-state index in [9.17, 15) is 15.0 Å². The van der Waals surface area contributed by atoms with Gasteiger partial charge in [0.2, 0.25) is 0 Å². The normalized spacial score (nSPS) is 22.1. The predicted octanol–water partition coefficient (Wildman–Crippen LogP) is 2.80. The highest BCUT2D eigenvalue weighted by molar-refractivity contribution is 5.89. The first kappa shape index (κ1) is 27.0. The number of hydrogen-bond acceptors (Lipinski definition) is 7. The van der Waals surface area contributed by atoms with Crippen LogP contribution in [0.1, 0.15) is 44.7 Å². The molecule has 3 aromatic rings. The lowest BCUT2D eigenvalue weighted by Gasteiger charge is -2.23. The number of carbonyl (C=O) groups is 1. The minimum atomic E-state index is -1.08. The first-order valence-corrected chi connectivity index (χ1v) is 12.7. The molecule has 4 atom stereocenters. The Morgan fingerprint density at radius 2 is 1.86 bits per heavy atom. The number of nitrogens with zero attached hydrogens (tertiary/aromatic N) is 4. The zero-order valence-electron chi connectivity index (χ0n) is 22.2. The van der Waals surface area contributed by atoms with E-state index < -0.39 is 24.5 Å². The average molecular weight is 511 g/mol. The Morgan fingerprint density at radius 1 is 1.14 bits per heavy atom. The van der Waals surface area contributed by atoms with Crippen LogP contribution in [0.25, 0.3) is 11.0 Å². The summed E-state index contributed by atoms with van der Waals surface area (Å²) in [5, 5.41) is 27.9. The lowest BCUT2D eigenvalue weighted by molar-refractivity contribution is -0.0419. The second-order valence-electron chi connectivity index (χ2n) is 10.8. The van der Waals surface area contributed by atoms with Gasteiger partial charge in [-0.25, -0.2) is 14.8 Å². The summed E-state index contributed by atoms with van der Waals surface area (Å²) in [6, 6.07) is 9.51. The van der Waals surface area contributed by atoms with Gasteiger partial charge >= 0.3 is 6.03 Å². The van der Waals surface area contributed by atoms with E-state index in [1.165, 1.54) is 11.9 Å².